The smallest absolute Gasteiger partial charge is 0.237 e. The van der Waals surface area contributed by atoms with E-state index in [1.807, 2.05) is 39.8 Å². The molecule has 0 saturated carbocycles. The number of fused-ring (bicyclic) bond motifs is 2. The third kappa shape index (κ3) is 3.44. The highest BCUT2D eigenvalue weighted by Crippen LogP contribution is 2.33. The van der Waals surface area contributed by atoms with E-state index in [2.05, 4.69) is 23.0 Å². The normalized spacial score (nSPS) is 16.1. The number of pyridine rings is 1. The maximum atomic E-state index is 13.0. The molecule has 4 rings (SSSR count). The predicted molar refractivity (Wildman–Crippen MR) is 107 cm³/mol. The molecule has 0 spiro atoms. The molecule has 140 valence electrons. The molecule has 7 heteroatoms. The average molecular weight is 382 g/mol. The average Bonchev–Trinajstić information content (AvgIpc) is 3.20. The first kappa shape index (κ1) is 18.0. The van der Waals surface area contributed by atoms with E-state index in [0.29, 0.717) is 18.9 Å². The zero-order valence-electron chi connectivity index (χ0n) is 15.5. The van der Waals surface area contributed by atoms with Crippen molar-refractivity contribution in [3.05, 3.63) is 48.2 Å². The van der Waals surface area contributed by atoms with Gasteiger partial charge in [0.25, 0.3) is 0 Å². The van der Waals surface area contributed by atoms with Crippen LogP contribution in [-0.2, 0) is 22.5 Å². The number of amides is 1. The number of carbonyl (C=O) groups excluding carboxylic acids is 1. The van der Waals surface area contributed by atoms with Gasteiger partial charge >= 0.3 is 0 Å². The molecule has 3 heterocycles. The van der Waals surface area contributed by atoms with Gasteiger partial charge in [-0.2, -0.15) is 0 Å². The lowest BCUT2D eigenvalue weighted by atomic mass is 10.1. The largest absolute Gasteiger partial charge is 0.383 e. The Bertz CT molecular complexity index is 972. The monoisotopic (exact) mass is 382 g/mol. The minimum absolute atomic E-state index is 0.107. The summed E-state index contributed by atoms with van der Waals surface area (Å²) in [5.74, 6) is 0.449. The topological polar surface area (TPSA) is 60.2 Å². The van der Waals surface area contributed by atoms with E-state index in [1.165, 1.54) is 17.3 Å². The highest BCUT2D eigenvalue weighted by atomic mass is 32.2. The van der Waals surface area contributed by atoms with Crippen molar-refractivity contribution in [2.45, 2.75) is 31.1 Å². The molecule has 6 nitrogen and oxygen atoms in total. The summed E-state index contributed by atoms with van der Waals surface area (Å²) in [6.07, 6.45) is 2.67. The second-order valence-corrected chi connectivity index (χ2v) is 7.56. The second kappa shape index (κ2) is 7.70. The molecular formula is C20H22N4O2S. The summed E-state index contributed by atoms with van der Waals surface area (Å²) in [6, 6.07) is 12.1. The van der Waals surface area contributed by atoms with Gasteiger partial charge < -0.3 is 14.2 Å². The second-order valence-electron chi connectivity index (χ2n) is 6.62. The standard InChI is InChI=1S/C20H22N4O2S/c1-14-12-15-6-3-4-8-17(15)24(14)18(25)13-27-20-22-16-7-5-9-21-19(16)23(20)10-11-26-2/h3-9,14H,10-13H2,1-2H3/t14-/m1/s1. The Kier molecular flexibility index (Phi) is 5.13. The first-order chi connectivity index (χ1) is 13.2. The summed E-state index contributed by atoms with van der Waals surface area (Å²) >= 11 is 1.46. The maximum absolute atomic E-state index is 13.0. The fraction of sp³-hybridized carbons (Fsp3) is 0.350. The predicted octanol–water partition coefficient (Wildman–Crippen LogP) is 3.15. The fourth-order valence-corrected chi connectivity index (χ4v) is 4.46. The molecule has 0 N–H and O–H groups in total. The van der Waals surface area contributed by atoms with Crippen LogP contribution < -0.4 is 4.90 Å². The zero-order chi connectivity index (χ0) is 18.8. The van der Waals surface area contributed by atoms with Crippen LogP contribution in [0.25, 0.3) is 11.2 Å². The third-order valence-corrected chi connectivity index (χ3v) is 5.75. The van der Waals surface area contributed by atoms with Gasteiger partial charge in [0.2, 0.25) is 5.91 Å². The Balaban J connectivity index is 1.54. The van der Waals surface area contributed by atoms with E-state index < -0.39 is 0 Å². The number of anilines is 1. The number of ether oxygens (including phenoxy) is 1. The van der Waals surface area contributed by atoms with Crippen LogP contribution in [0.2, 0.25) is 0 Å². The number of rotatable bonds is 6. The highest BCUT2D eigenvalue weighted by molar-refractivity contribution is 7.99. The molecule has 0 saturated heterocycles. The lowest BCUT2D eigenvalue weighted by Crippen LogP contribution is -2.37. The summed E-state index contributed by atoms with van der Waals surface area (Å²) in [5.41, 5.74) is 3.93. The minimum Gasteiger partial charge on any atom is -0.383 e. The van der Waals surface area contributed by atoms with Crippen LogP contribution in [-0.4, -0.2) is 46.0 Å². The quantitative estimate of drug-likeness (QED) is 0.613. The van der Waals surface area contributed by atoms with Crippen LogP contribution >= 0.6 is 11.8 Å². The van der Waals surface area contributed by atoms with Gasteiger partial charge in [-0.15, -0.1) is 0 Å². The van der Waals surface area contributed by atoms with Crippen LogP contribution in [0.5, 0.6) is 0 Å². The summed E-state index contributed by atoms with van der Waals surface area (Å²) in [7, 11) is 1.68. The van der Waals surface area contributed by atoms with Crippen LogP contribution in [0.15, 0.2) is 47.8 Å². The maximum Gasteiger partial charge on any atom is 0.237 e. The first-order valence-electron chi connectivity index (χ1n) is 9.02. The number of carbonyl (C=O) groups is 1. The van der Waals surface area contributed by atoms with Gasteiger partial charge in [0.15, 0.2) is 10.8 Å². The number of hydrogen-bond donors (Lipinski definition) is 0. The molecule has 1 aliphatic rings. The van der Waals surface area contributed by atoms with Crippen molar-refractivity contribution in [1.29, 1.82) is 0 Å². The van der Waals surface area contributed by atoms with Crippen LogP contribution in [0, 0.1) is 0 Å². The summed E-state index contributed by atoms with van der Waals surface area (Å²) in [5, 5.41) is 0.800. The molecule has 3 aromatic rings. The van der Waals surface area contributed by atoms with Crippen LogP contribution in [0.3, 0.4) is 0 Å². The van der Waals surface area contributed by atoms with Crippen molar-refractivity contribution in [2.24, 2.45) is 0 Å². The molecule has 0 fully saturated rings. The number of benzene rings is 1. The van der Waals surface area contributed by atoms with Crippen LogP contribution in [0.1, 0.15) is 12.5 Å². The van der Waals surface area contributed by atoms with Gasteiger partial charge in [-0.1, -0.05) is 30.0 Å². The number of para-hydroxylation sites is 1. The molecule has 0 unspecified atom stereocenters. The van der Waals surface area contributed by atoms with Gasteiger partial charge in [0, 0.05) is 25.0 Å². The molecule has 0 bridgehead atoms. The summed E-state index contributed by atoms with van der Waals surface area (Å²) in [6.45, 7) is 3.32. The molecular weight excluding hydrogens is 360 g/mol. The minimum atomic E-state index is 0.107. The highest BCUT2D eigenvalue weighted by Gasteiger charge is 2.30. The van der Waals surface area contributed by atoms with Crippen LogP contribution in [0.4, 0.5) is 5.69 Å². The number of imidazole rings is 1. The summed E-state index contributed by atoms with van der Waals surface area (Å²) in [4.78, 5) is 24.0. The Morgan fingerprint density at radius 1 is 1.30 bits per heavy atom. The zero-order valence-corrected chi connectivity index (χ0v) is 16.3. The van der Waals surface area contributed by atoms with Gasteiger partial charge in [-0.25, -0.2) is 9.97 Å². The lowest BCUT2D eigenvalue weighted by Gasteiger charge is -2.22. The van der Waals surface area contributed by atoms with Crippen molar-refractivity contribution in [3.63, 3.8) is 0 Å². The fourth-order valence-electron chi connectivity index (χ4n) is 3.57. The van der Waals surface area contributed by atoms with E-state index in [1.54, 1.807) is 13.3 Å². The number of nitrogens with zero attached hydrogens (tertiary/aromatic N) is 4. The molecule has 0 radical (unpaired) electrons. The number of aromatic nitrogens is 3. The van der Waals surface area contributed by atoms with Crippen molar-refractivity contribution in [2.75, 3.05) is 24.4 Å². The van der Waals surface area contributed by atoms with E-state index in [0.717, 1.165) is 28.4 Å². The van der Waals surface area contributed by atoms with Crippen molar-refractivity contribution >= 4 is 34.5 Å². The Hall–Kier alpha value is -2.38. The SMILES string of the molecule is COCCn1c(SCC(=O)N2c3ccccc3C[C@H]2C)nc2cccnc21. The van der Waals surface area contributed by atoms with E-state index >= 15 is 0 Å². The molecule has 2 aromatic heterocycles. The molecule has 0 aliphatic carbocycles. The third-order valence-electron chi connectivity index (χ3n) is 4.79. The Morgan fingerprint density at radius 3 is 3.00 bits per heavy atom. The number of methoxy groups -OCH3 is 1. The molecule has 27 heavy (non-hydrogen) atoms. The number of thioether (sulfide) groups is 1. The van der Waals surface area contributed by atoms with Gasteiger partial charge in [-0.3, -0.25) is 4.79 Å². The Morgan fingerprint density at radius 2 is 2.15 bits per heavy atom. The first-order valence-corrected chi connectivity index (χ1v) is 10.0. The van der Waals surface area contributed by atoms with E-state index in [4.69, 9.17) is 4.74 Å². The Labute approximate surface area is 162 Å². The van der Waals surface area contributed by atoms with E-state index in [9.17, 15) is 4.79 Å². The van der Waals surface area contributed by atoms with Gasteiger partial charge in [0.05, 0.1) is 18.9 Å². The van der Waals surface area contributed by atoms with Crippen molar-refractivity contribution in [3.8, 4) is 0 Å². The van der Waals surface area contributed by atoms with Crippen molar-refractivity contribution in [1.82, 2.24) is 14.5 Å². The molecule has 1 atom stereocenters. The van der Waals surface area contributed by atoms with Gasteiger partial charge in [0.1, 0.15) is 5.52 Å². The number of hydrogen-bond acceptors (Lipinski definition) is 5. The molecule has 1 amide bonds. The van der Waals surface area contributed by atoms with Gasteiger partial charge in [-0.05, 0) is 37.1 Å². The molecule has 1 aromatic carbocycles. The molecule has 1 aliphatic heterocycles. The lowest BCUT2D eigenvalue weighted by molar-refractivity contribution is -0.116. The van der Waals surface area contributed by atoms with E-state index in [-0.39, 0.29) is 11.9 Å². The summed E-state index contributed by atoms with van der Waals surface area (Å²) < 4.78 is 7.24. The van der Waals surface area contributed by atoms with Crippen molar-refractivity contribution < 1.29 is 9.53 Å².